The summed E-state index contributed by atoms with van der Waals surface area (Å²) < 4.78 is 16.6. The van der Waals surface area contributed by atoms with Crippen LogP contribution in [0.2, 0.25) is 0 Å². The molecule has 2 rings (SSSR count). The van der Waals surface area contributed by atoms with E-state index in [1.54, 1.807) is 11.8 Å². The van der Waals surface area contributed by atoms with Gasteiger partial charge >= 0.3 is 6.09 Å². The molecule has 1 amide bonds. The van der Waals surface area contributed by atoms with Crippen molar-refractivity contribution < 1.29 is 19.0 Å². The Kier molecular flexibility index (Phi) is 6.11. The summed E-state index contributed by atoms with van der Waals surface area (Å²) in [6, 6.07) is 9.46. The number of nitrogens with one attached hydrogen (secondary N) is 1. The molecule has 1 aromatic rings. The molecule has 0 bridgehead atoms. The third-order valence-corrected chi connectivity index (χ3v) is 4.03. The predicted molar refractivity (Wildman–Crippen MR) is 86.8 cm³/mol. The standard InChI is InChI=1S/C16H23NO4S/c1-16(2)20-10-14(21-16)13(11-22-3)17-15(18)19-9-12-7-5-4-6-8-12/h4-8,13-14H,9-11H2,1-3H3,(H,17,18)/t13-,14+/m1/s1. The molecule has 0 saturated carbocycles. The molecule has 1 heterocycles. The maximum absolute atomic E-state index is 12.0. The highest BCUT2D eigenvalue weighted by molar-refractivity contribution is 7.98. The largest absolute Gasteiger partial charge is 0.445 e. The number of carbonyl (C=O) groups is 1. The molecule has 1 fully saturated rings. The number of hydrogen-bond donors (Lipinski definition) is 1. The van der Waals surface area contributed by atoms with Crippen molar-refractivity contribution in [1.29, 1.82) is 0 Å². The van der Waals surface area contributed by atoms with Crippen LogP contribution in [0.5, 0.6) is 0 Å². The average molecular weight is 325 g/mol. The fourth-order valence-corrected chi connectivity index (χ4v) is 2.91. The lowest BCUT2D eigenvalue weighted by Crippen LogP contribution is -2.46. The maximum atomic E-state index is 12.0. The Morgan fingerprint density at radius 1 is 1.45 bits per heavy atom. The van der Waals surface area contributed by atoms with E-state index < -0.39 is 11.9 Å². The second kappa shape index (κ2) is 7.85. The molecule has 1 N–H and O–H groups in total. The molecule has 1 saturated heterocycles. The molecule has 122 valence electrons. The minimum atomic E-state index is -0.600. The topological polar surface area (TPSA) is 56.8 Å². The van der Waals surface area contributed by atoms with Gasteiger partial charge in [-0.1, -0.05) is 30.3 Å². The SMILES string of the molecule is CSC[C@@H](NC(=O)OCc1ccccc1)[C@@H]1COC(C)(C)O1. The highest BCUT2D eigenvalue weighted by atomic mass is 32.2. The Morgan fingerprint density at radius 2 is 2.18 bits per heavy atom. The van der Waals surface area contributed by atoms with E-state index in [1.807, 2.05) is 50.4 Å². The van der Waals surface area contributed by atoms with Gasteiger partial charge < -0.3 is 19.5 Å². The Balaban J connectivity index is 1.84. The molecule has 0 spiro atoms. The van der Waals surface area contributed by atoms with Gasteiger partial charge in [-0.3, -0.25) is 0 Å². The van der Waals surface area contributed by atoms with Crippen LogP contribution in [0.3, 0.4) is 0 Å². The summed E-state index contributed by atoms with van der Waals surface area (Å²) in [7, 11) is 0. The maximum Gasteiger partial charge on any atom is 0.407 e. The number of hydrogen-bond acceptors (Lipinski definition) is 5. The number of thioether (sulfide) groups is 1. The molecule has 1 aliphatic rings. The molecule has 0 aliphatic carbocycles. The highest BCUT2D eigenvalue weighted by Crippen LogP contribution is 2.25. The van der Waals surface area contributed by atoms with E-state index in [0.717, 1.165) is 11.3 Å². The molecule has 0 unspecified atom stereocenters. The third kappa shape index (κ3) is 5.19. The molecule has 0 aromatic heterocycles. The van der Waals surface area contributed by atoms with Gasteiger partial charge in [0.15, 0.2) is 5.79 Å². The van der Waals surface area contributed by atoms with E-state index in [4.69, 9.17) is 14.2 Å². The number of amides is 1. The zero-order chi connectivity index (χ0) is 16.0. The molecule has 0 radical (unpaired) electrons. The third-order valence-electron chi connectivity index (χ3n) is 3.34. The molecule has 1 aromatic carbocycles. The van der Waals surface area contributed by atoms with Crippen LogP contribution in [0, 0.1) is 0 Å². The fourth-order valence-electron chi connectivity index (χ4n) is 2.25. The van der Waals surface area contributed by atoms with Crippen LogP contribution in [-0.2, 0) is 20.8 Å². The summed E-state index contributed by atoms with van der Waals surface area (Å²) in [6.45, 7) is 4.47. The van der Waals surface area contributed by atoms with Gasteiger partial charge in [-0.2, -0.15) is 11.8 Å². The van der Waals surface area contributed by atoms with Gasteiger partial charge in [-0.15, -0.1) is 0 Å². The number of carbonyl (C=O) groups excluding carboxylic acids is 1. The van der Waals surface area contributed by atoms with E-state index in [9.17, 15) is 4.79 Å². The molecule has 6 heteroatoms. The van der Waals surface area contributed by atoms with Crippen LogP contribution in [-0.4, -0.2) is 42.6 Å². The predicted octanol–water partition coefficient (Wildman–Crippen LogP) is 2.80. The van der Waals surface area contributed by atoms with E-state index in [2.05, 4.69) is 5.32 Å². The zero-order valence-electron chi connectivity index (χ0n) is 13.2. The first-order valence-corrected chi connectivity index (χ1v) is 8.67. The summed E-state index contributed by atoms with van der Waals surface area (Å²) in [4.78, 5) is 12.0. The Labute approximate surface area is 135 Å². The number of benzene rings is 1. The fraction of sp³-hybridized carbons (Fsp3) is 0.562. The van der Waals surface area contributed by atoms with Crippen LogP contribution in [0.1, 0.15) is 19.4 Å². The van der Waals surface area contributed by atoms with Crippen molar-refractivity contribution >= 4 is 17.9 Å². The van der Waals surface area contributed by atoms with Crippen LogP contribution in [0.15, 0.2) is 30.3 Å². The van der Waals surface area contributed by atoms with Crippen molar-refractivity contribution in [3.63, 3.8) is 0 Å². The summed E-state index contributed by atoms with van der Waals surface area (Å²) >= 11 is 1.65. The molecule has 22 heavy (non-hydrogen) atoms. The van der Waals surface area contributed by atoms with Gasteiger partial charge in [-0.05, 0) is 25.7 Å². The minimum Gasteiger partial charge on any atom is -0.445 e. The van der Waals surface area contributed by atoms with Crippen molar-refractivity contribution in [1.82, 2.24) is 5.32 Å². The lowest BCUT2D eigenvalue weighted by Gasteiger charge is -2.24. The quantitative estimate of drug-likeness (QED) is 0.871. The molecular formula is C16H23NO4S. The van der Waals surface area contributed by atoms with Gasteiger partial charge in [-0.25, -0.2) is 4.79 Å². The smallest absolute Gasteiger partial charge is 0.407 e. The summed E-state index contributed by atoms with van der Waals surface area (Å²) in [5, 5.41) is 2.88. The van der Waals surface area contributed by atoms with Crippen molar-refractivity contribution in [2.45, 2.75) is 38.4 Å². The van der Waals surface area contributed by atoms with E-state index >= 15 is 0 Å². The van der Waals surface area contributed by atoms with Gasteiger partial charge in [0, 0.05) is 5.75 Å². The second-order valence-corrected chi connectivity index (χ2v) is 6.55. The van der Waals surface area contributed by atoms with Crippen LogP contribution < -0.4 is 5.32 Å². The monoisotopic (exact) mass is 325 g/mol. The lowest BCUT2D eigenvalue weighted by atomic mass is 10.2. The van der Waals surface area contributed by atoms with Gasteiger partial charge in [0.25, 0.3) is 0 Å². The second-order valence-electron chi connectivity index (χ2n) is 5.64. The van der Waals surface area contributed by atoms with Crippen LogP contribution in [0.25, 0.3) is 0 Å². The summed E-state index contributed by atoms with van der Waals surface area (Å²) in [5.41, 5.74) is 0.959. The Bertz CT molecular complexity index is 480. The first-order chi connectivity index (χ1) is 10.5. The Morgan fingerprint density at radius 3 is 2.77 bits per heavy atom. The number of rotatable bonds is 6. The molecule has 5 nitrogen and oxygen atoms in total. The molecule has 2 atom stereocenters. The van der Waals surface area contributed by atoms with Crippen molar-refractivity contribution in [3.8, 4) is 0 Å². The van der Waals surface area contributed by atoms with Crippen molar-refractivity contribution in [2.75, 3.05) is 18.6 Å². The van der Waals surface area contributed by atoms with Gasteiger partial charge in [0.1, 0.15) is 12.7 Å². The Hall–Kier alpha value is -1.24. The zero-order valence-corrected chi connectivity index (χ0v) is 14.0. The van der Waals surface area contributed by atoms with E-state index in [-0.39, 0.29) is 18.8 Å². The van der Waals surface area contributed by atoms with Crippen LogP contribution >= 0.6 is 11.8 Å². The number of alkyl carbamates (subject to hydrolysis) is 1. The molecule has 1 aliphatic heterocycles. The molecular weight excluding hydrogens is 302 g/mol. The highest BCUT2D eigenvalue weighted by Gasteiger charge is 2.38. The summed E-state index contributed by atoms with van der Waals surface area (Å²) in [6.07, 6.45) is 1.40. The first-order valence-electron chi connectivity index (χ1n) is 7.28. The van der Waals surface area contributed by atoms with Crippen molar-refractivity contribution in [3.05, 3.63) is 35.9 Å². The van der Waals surface area contributed by atoms with Gasteiger partial charge in [0.05, 0.1) is 12.6 Å². The first kappa shape index (κ1) is 17.1. The number of ether oxygens (including phenoxy) is 3. The van der Waals surface area contributed by atoms with Crippen LogP contribution in [0.4, 0.5) is 4.79 Å². The lowest BCUT2D eigenvalue weighted by molar-refractivity contribution is -0.140. The van der Waals surface area contributed by atoms with E-state index in [1.165, 1.54) is 0 Å². The average Bonchev–Trinajstić information content (AvgIpc) is 2.86. The summed E-state index contributed by atoms with van der Waals surface area (Å²) in [5.74, 6) is 0.140. The van der Waals surface area contributed by atoms with E-state index in [0.29, 0.717) is 6.61 Å². The minimum absolute atomic E-state index is 0.139. The normalized spacial score (nSPS) is 21.3. The van der Waals surface area contributed by atoms with Crippen molar-refractivity contribution in [2.24, 2.45) is 0 Å². The van der Waals surface area contributed by atoms with Gasteiger partial charge in [0.2, 0.25) is 0 Å².